The molecule has 3 aromatic heterocycles. The molecule has 0 radical (unpaired) electrons. The number of alkyl halides is 4. The summed E-state index contributed by atoms with van der Waals surface area (Å²) in [6.07, 6.45) is 0. The van der Waals surface area contributed by atoms with E-state index in [0.717, 1.165) is 8.67 Å². The van der Waals surface area contributed by atoms with Gasteiger partial charge in [-0.15, -0.1) is 0 Å². The molecular weight excluding hydrogens is 1450 g/mol. The minimum atomic E-state index is -0.476. The zero-order valence-corrected chi connectivity index (χ0v) is 68.2. The van der Waals surface area contributed by atoms with Gasteiger partial charge in [0.15, 0.2) is 0 Å². The molecule has 0 unspecified atom stereocenters. The van der Waals surface area contributed by atoms with E-state index in [1.54, 1.807) is 0 Å². The lowest BCUT2D eigenvalue weighted by atomic mass is 9.49. The zero-order chi connectivity index (χ0) is 70.0. The smallest absolute Gasteiger partial charge is 0.405 e. The Bertz CT molecular complexity index is 2850. The fourth-order valence-electron chi connectivity index (χ4n) is 9.49. The molecule has 0 amide bonds. The van der Waals surface area contributed by atoms with Crippen LogP contribution in [0.5, 0.6) is 0 Å². The number of nitrogens with zero attached hydrogens (tertiary/aromatic N) is 3. The van der Waals surface area contributed by atoms with Crippen LogP contribution < -0.4 is 0 Å². The first-order valence-electron chi connectivity index (χ1n) is 32.6. The van der Waals surface area contributed by atoms with Crippen molar-refractivity contribution in [2.24, 2.45) is 21.1 Å². The van der Waals surface area contributed by atoms with Crippen LogP contribution in [0.4, 0.5) is 0 Å². The summed E-state index contributed by atoms with van der Waals surface area (Å²) in [5.74, 6) is 1.81. The SMILES string of the molecule is BrCI.C.C.CB1OC(C)(C)C(C)(C)O1.CBr.CC.CC.CC.CC.CC.CC.CC1(C)OB(B2OC(C)(C)C(C)(C)O2)OC1(C)C.CCBr.Cn1c2ccccc2c2ccccc21.Cn1c2ccccc2c2ccccc21.Cn1c2ccccc2c2ccccc21. The number of hydrogen-bond donors (Lipinski definition) is 0. The molecular formula is C76H126B3Br3IN3O6. The van der Waals surface area contributed by atoms with E-state index >= 15 is 0 Å². The Hall–Kier alpha value is -3.16. The second-order valence-corrected chi connectivity index (χ2v) is 26.8. The summed E-state index contributed by atoms with van der Waals surface area (Å²) >= 11 is 11.4. The fourth-order valence-corrected chi connectivity index (χ4v) is 9.49. The van der Waals surface area contributed by atoms with E-state index in [0.29, 0.717) is 0 Å². The highest BCUT2D eigenvalue weighted by Gasteiger charge is 2.63. The predicted octanol–water partition coefficient (Wildman–Crippen LogP) is 25.6. The van der Waals surface area contributed by atoms with Crippen LogP contribution >= 0.6 is 70.4 Å². The molecule has 16 heteroatoms. The molecule has 92 heavy (non-hydrogen) atoms. The highest BCUT2D eigenvalue weighted by atomic mass is 127. The van der Waals surface area contributed by atoms with Gasteiger partial charge in [-0.3, -0.25) is 0 Å². The van der Waals surface area contributed by atoms with E-state index in [9.17, 15) is 0 Å². The van der Waals surface area contributed by atoms with Crippen molar-refractivity contribution in [3.8, 4) is 0 Å². The van der Waals surface area contributed by atoms with Crippen LogP contribution in [0.2, 0.25) is 6.82 Å². The van der Waals surface area contributed by atoms with E-state index in [1.165, 1.54) is 65.4 Å². The van der Waals surface area contributed by atoms with Gasteiger partial charge < -0.3 is 41.6 Å². The number of halogens is 4. The summed E-state index contributed by atoms with van der Waals surface area (Å²) in [6.45, 7) is 52.4. The van der Waals surface area contributed by atoms with Gasteiger partial charge in [0.1, 0.15) is 0 Å². The van der Waals surface area contributed by atoms with Crippen molar-refractivity contribution >= 4 is 157 Å². The lowest BCUT2D eigenvalue weighted by Gasteiger charge is -2.32. The van der Waals surface area contributed by atoms with Crippen molar-refractivity contribution in [1.29, 1.82) is 0 Å². The standard InChI is InChI=1S/3C13H11N.C12H24B2O4.C7H15BO2.C2H5Br.6C2H6.CH2BrI.CH3Br.2CH4/c3*1-14-12-8-4-2-6-10(12)11-7-3-5-9-13(11)14;1-9(2)10(3,4)16-13(15-9)14-17-11(5,6)12(7,8)18-14;1-6(2)7(3,4)10-8(5)9-6;1-2-3;6*1-2;2-1-3;1-2;;/h3*2-9H,1H3;1-8H3;1-5H3;2H2,1H3;6*1-2H3;1H2;1H3;2*1H4. The highest BCUT2D eigenvalue weighted by molar-refractivity contribution is 14.1. The van der Waals surface area contributed by atoms with Gasteiger partial charge in [0.2, 0.25) is 0 Å². The van der Waals surface area contributed by atoms with Gasteiger partial charge in [-0.2, -0.15) is 0 Å². The van der Waals surface area contributed by atoms with Gasteiger partial charge in [-0.05, 0) is 132 Å². The molecule has 0 spiro atoms. The van der Waals surface area contributed by atoms with Crippen LogP contribution in [0.1, 0.15) is 188 Å². The maximum absolute atomic E-state index is 5.96. The summed E-state index contributed by atoms with van der Waals surface area (Å²) in [5.41, 5.74) is 6.04. The van der Waals surface area contributed by atoms with Crippen LogP contribution in [-0.2, 0) is 49.1 Å². The molecule has 0 aliphatic carbocycles. The normalized spacial score (nSPS) is 15.4. The van der Waals surface area contributed by atoms with Crippen molar-refractivity contribution in [1.82, 2.24) is 13.7 Å². The van der Waals surface area contributed by atoms with Gasteiger partial charge in [0.25, 0.3) is 0 Å². The van der Waals surface area contributed by atoms with Crippen LogP contribution in [0.15, 0.2) is 146 Å². The van der Waals surface area contributed by atoms with Crippen LogP contribution in [0.25, 0.3) is 65.4 Å². The first kappa shape index (κ1) is 95.2. The topological polar surface area (TPSA) is 70.2 Å². The van der Waals surface area contributed by atoms with Crippen molar-refractivity contribution in [2.75, 3.05) is 14.5 Å². The number of benzene rings is 6. The Morgan fingerprint density at radius 3 is 0.565 bits per heavy atom. The molecule has 3 saturated heterocycles. The first-order valence-corrected chi connectivity index (χ1v) is 37.9. The minimum Gasteiger partial charge on any atom is -0.405 e. The Morgan fingerprint density at radius 1 is 0.326 bits per heavy atom. The van der Waals surface area contributed by atoms with Crippen LogP contribution in [-0.4, -0.2) is 82.9 Å². The van der Waals surface area contributed by atoms with Crippen molar-refractivity contribution < 1.29 is 27.9 Å². The maximum Gasteiger partial charge on any atom is 0.488 e. The molecule has 0 bridgehead atoms. The molecule has 6 heterocycles. The van der Waals surface area contributed by atoms with Crippen molar-refractivity contribution in [2.45, 2.75) is 228 Å². The third-order valence-corrected chi connectivity index (χ3v) is 15.6. The fraction of sp³-hybridized carbons (Fsp3) is 0.526. The Kier molecular flexibility index (Phi) is 48.6. The minimum absolute atomic E-state index is 0. The predicted molar refractivity (Wildman–Crippen MR) is 439 cm³/mol. The monoisotopic (exact) mass is 1570 g/mol. The summed E-state index contributed by atoms with van der Waals surface area (Å²) in [5, 5.41) is 9.09. The highest BCUT2D eigenvalue weighted by Crippen LogP contribution is 2.43. The summed E-state index contributed by atoms with van der Waals surface area (Å²) < 4.78 is 42.7. The van der Waals surface area contributed by atoms with E-state index in [2.05, 4.69) is 279 Å². The number of para-hydroxylation sites is 6. The van der Waals surface area contributed by atoms with Gasteiger partial charge in [0.05, 0.1) is 36.9 Å². The second kappa shape index (κ2) is 46.9. The Labute approximate surface area is 603 Å². The Balaban J connectivity index is -0.000000491. The molecule has 3 aliphatic heterocycles. The van der Waals surface area contributed by atoms with Crippen LogP contribution in [0.3, 0.4) is 0 Å². The molecule has 518 valence electrons. The molecule has 6 aromatic carbocycles. The van der Waals surface area contributed by atoms with Crippen molar-refractivity contribution in [3.63, 3.8) is 0 Å². The molecule has 9 aromatic rings. The van der Waals surface area contributed by atoms with E-state index in [1.807, 2.05) is 158 Å². The third-order valence-electron chi connectivity index (χ3n) is 15.6. The second-order valence-electron chi connectivity index (χ2n) is 22.2. The quantitative estimate of drug-likeness (QED) is 0.0927. The van der Waals surface area contributed by atoms with Gasteiger partial charge >= 0.3 is 21.1 Å². The number of hydrogen-bond acceptors (Lipinski definition) is 6. The largest absolute Gasteiger partial charge is 0.488 e. The van der Waals surface area contributed by atoms with Crippen molar-refractivity contribution in [3.05, 3.63) is 146 Å². The number of fused-ring (bicyclic) bond motifs is 9. The first-order chi connectivity index (χ1) is 42.7. The summed E-state index contributed by atoms with van der Waals surface area (Å²) in [4.78, 5) is 0. The summed E-state index contributed by atoms with van der Waals surface area (Å²) in [7, 11) is 5.33. The number of aryl methyl sites for hydroxylation is 3. The van der Waals surface area contributed by atoms with E-state index in [-0.39, 0.29) is 55.6 Å². The van der Waals surface area contributed by atoms with Gasteiger partial charge in [-0.1, -0.05) is 284 Å². The maximum atomic E-state index is 5.96. The molecule has 0 saturated carbocycles. The lowest BCUT2D eigenvalue weighted by Crippen LogP contribution is -2.41. The summed E-state index contributed by atoms with van der Waals surface area (Å²) in [6, 6.07) is 51.1. The van der Waals surface area contributed by atoms with Crippen LogP contribution in [0, 0.1) is 0 Å². The number of aromatic nitrogens is 3. The van der Waals surface area contributed by atoms with Gasteiger partial charge in [-0.25, -0.2) is 0 Å². The molecule has 3 fully saturated rings. The Morgan fingerprint density at radius 2 is 0.446 bits per heavy atom. The third kappa shape index (κ3) is 25.0. The average molecular weight is 1580 g/mol. The molecule has 0 N–H and O–H groups in total. The molecule has 9 nitrogen and oxygen atoms in total. The van der Waals surface area contributed by atoms with E-state index in [4.69, 9.17) is 27.9 Å². The average Bonchev–Trinajstić information content (AvgIpc) is 1.63. The molecule has 0 atom stereocenters. The zero-order valence-electron chi connectivity index (χ0n) is 61.3. The number of rotatable bonds is 1. The molecule has 3 aliphatic rings. The molecule has 12 rings (SSSR count). The lowest BCUT2D eigenvalue weighted by molar-refractivity contribution is 0.00578. The van der Waals surface area contributed by atoms with Gasteiger partial charge in [0, 0.05) is 91.9 Å². The van der Waals surface area contributed by atoms with E-state index < -0.39 is 14.0 Å².